The van der Waals surface area contributed by atoms with Crippen LogP contribution in [0.1, 0.15) is 22.2 Å². The molecule has 0 radical (unpaired) electrons. The molecule has 0 aliphatic carbocycles. The van der Waals surface area contributed by atoms with Crippen molar-refractivity contribution in [2.45, 2.75) is 12.5 Å². The fourth-order valence-corrected chi connectivity index (χ4v) is 2.58. The Bertz CT molecular complexity index is 579. The number of nitrogens with one attached hydrogen (secondary N) is 1. The Morgan fingerprint density at radius 2 is 2.20 bits per heavy atom. The highest BCUT2D eigenvalue weighted by molar-refractivity contribution is 7.10. The van der Waals surface area contributed by atoms with Gasteiger partial charge in [-0.3, -0.25) is 4.79 Å². The van der Waals surface area contributed by atoms with E-state index < -0.39 is 5.60 Å². The van der Waals surface area contributed by atoms with Crippen LogP contribution in [0.4, 0.5) is 0 Å². The standard InChI is InChI=1S/C15H17NO3S/c1-15(18,13-7-4-8-20-13)10-16-14(17)11-5-3-6-12(9-11)19-2/h3-9,18H,10H2,1-2H3,(H,16,17). The molecule has 0 aliphatic heterocycles. The number of aliphatic hydroxyl groups is 1. The highest BCUT2D eigenvalue weighted by atomic mass is 32.1. The van der Waals surface area contributed by atoms with Crippen LogP contribution in [0, 0.1) is 0 Å². The minimum absolute atomic E-state index is 0.156. The van der Waals surface area contributed by atoms with E-state index in [2.05, 4.69) is 5.32 Å². The molecule has 5 heteroatoms. The highest BCUT2D eigenvalue weighted by Crippen LogP contribution is 2.24. The number of carbonyl (C=O) groups is 1. The molecule has 1 aromatic carbocycles. The zero-order valence-electron chi connectivity index (χ0n) is 11.4. The van der Waals surface area contributed by atoms with Crippen molar-refractivity contribution in [1.29, 1.82) is 0 Å². The first kappa shape index (κ1) is 14.6. The predicted octanol–water partition coefficient (Wildman–Crippen LogP) is 2.39. The van der Waals surface area contributed by atoms with Crippen LogP contribution in [0.15, 0.2) is 41.8 Å². The first-order valence-corrected chi connectivity index (χ1v) is 7.09. The number of methoxy groups -OCH3 is 1. The van der Waals surface area contributed by atoms with E-state index >= 15 is 0 Å². The van der Waals surface area contributed by atoms with E-state index in [0.717, 1.165) is 4.88 Å². The largest absolute Gasteiger partial charge is 0.497 e. The maximum Gasteiger partial charge on any atom is 0.251 e. The lowest BCUT2D eigenvalue weighted by atomic mass is 10.1. The number of ether oxygens (including phenoxy) is 1. The van der Waals surface area contributed by atoms with Gasteiger partial charge in [0, 0.05) is 10.4 Å². The van der Waals surface area contributed by atoms with Crippen LogP contribution in [0.25, 0.3) is 0 Å². The van der Waals surface area contributed by atoms with Gasteiger partial charge in [-0.15, -0.1) is 11.3 Å². The fraction of sp³-hybridized carbons (Fsp3) is 0.267. The molecule has 0 spiro atoms. The summed E-state index contributed by atoms with van der Waals surface area (Å²) in [7, 11) is 1.55. The summed E-state index contributed by atoms with van der Waals surface area (Å²) in [6, 6.07) is 10.6. The molecule has 0 fully saturated rings. The van der Waals surface area contributed by atoms with Crippen molar-refractivity contribution in [3.63, 3.8) is 0 Å². The molecule has 0 saturated heterocycles. The summed E-state index contributed by atoms with van der Waals surface area (Å²) in [5, 5.41) is 15.0. The van der Waals surface area contributed by atoms with Gasteiger partial charge in [0.2, 0.25) is 0 Å². The summed E-state index contributed by atoms with van der Waals surface area (Å²) in [6.07, 6.45) is 0. The second-order valence-corrected chi connectivity index (χ2v) is 5.61. The van der Waals surface area contributed by atoms with E-state index in [9.17, 15) is 9.90 Å². The lowest BCUT2D eigenvalue weighted by Gasteiger charge is -2.22. The normalized spacial score (nSPS) is 13.6. The summed E-state index contributed by atoms with van der Waals surface area (Å²) >= 11 is 1.46. The van der Waals surface area contributed by atoms with Gasteiger partial charge in [-0.1, -0.05) is 12.1 Å². The average Bonchev–Trinajstić information content (AvgIpc) is 3.00. The van der Waals surface area contributed by atoms with Gasteiger partial charge >= 0.3 is 0 Å². The van der Waals surface area contributed by atoms with E-state index in [1.165, 1.54) is 11.3 Å². The molecule has 2 rings (SSSR count). The van der Waals surface area contributed by atoms with Gasteiger partial charge in [-0.05, 0) is 36.6 Å². The van der Waals surface area contributed by atoms with Gasteiger partial charge in [-0.25, -0.2) is 0 Å². The Labute approximate surface area is 122 Å². The molecule has 1 amide bonds. The van der Waals surface area contributed by atoms with E-state index in [4.69, 9.17) is 4.74 Å². The maximum absolute atomic E-state index is 12.1. The first-order valence-electron chi connectivity index (χ1n) is 6.21. The van der Waals surface area contributed by atoms with Crippen LogP contribution in [0.3, 0.4) is 0 Å². The van der Waals surface area contributed by atoms with E-state index in [0.29, 0.717) is 11.3 Å². The molecule has 0 aliphatic rings. The lowest BCUT2D eigenvalue weighted by molar-refractivity contribution is 0.0556. The van der Waals surface area contributed by atoms with Crippen molar-refractivity contribution in [3.8, 4) is 5.75 Å². The Balaban J connectivity index is 2.01. The number of hydrogen-bond acceptors (Lipinski definition) is 4. The van der Waals surface area contributed by atoms with Gasteiger partial charge in [0.15, 0.2) is 0 Å². The molecule has 1 atom stereocenters. The number of thiophene rings is 1. The van der Waals surface area contributed by atoms with Crippen molar-refractivity contribution >= 4 is 17.2 Å². The summed E-state index contributed by atoms with van der Waals surface area (Å²) in [5.41, 5.74) is -0.561. The van der Waals surface area contributed by atoms with Crippen molar-refractivity contribution in [2.75, 3.05) is 13.7 Å². The molecule has 4 nitrogen and oxygen atoms in total. The maximum atomic E-state index is 12.1. The lowest BCUT2D eigenvalue weighted by Crippen LogP contribution is -2.38. The van der Waals surface area contributed by atoms with Crippen LogP contribution >= 0.6 is 11.3 Å². The Hall–Kier alpha value is -1.85. The number of hydrogen-bond donors (Lipinski definition) is 2. The summed E-state index contributed by atoms with van der Waals surface area (Å²) < 4.78 is 5.08. The quantitative estimate of drug-likeness (QED) is 0.889. The van der Waals surface area contributed by atoms with E-state index in [1.54, 1.807) is 38.3 Å². The Kier molecular flexibility index (Phi) is 4.42. The highest BCUT2D eigenvalue weighted by Gasteiger charge is 2.25. The topological polar surface area (TPSA) is 58.6 Å². The molecular formula is C15H17NO3S. The van der Waals surface area contributed by atoms with Gasteiger partial charge in [0.25, 0.3) is 5.91 Å². The summed E-state index contributed by atoms with van der Waals surface area (Å²) in [6.45, 7) is 1.84. The van der Waals surface area contributed by atoms with Crippen molar-refractivity contribution in [1.82, 2.24) is 5.32 Å². The molecule has 2 aromatic rings. The number of carbonyl (C=O) groups excluding carboxylic acids is 1. The van der Waals surface area contributed by atoms with Crippen molar-refractivity contribution in [2.24, 2.45) is 0 Å². The second-order valence-electron chi connectivity index (χ2n) is 4.67. The van der Waals surface area contributed by atoms with Gasteiger partial charge in [-0.2, -0.15) is 0 Å². The van der Waals surface area contributed by atoms with Crippen molar-refractivity contribution in [3.05, 3.63) is 52.2 Å². The smallest absolute Gasteiger partial charge is 0.251 e. The van der Waals surface area contributed by atoms with Crippen LogP contribution in [-0.2, 0) is 5.60 Å². The van der Waals surface area contributed by atoms with Gasteiger partial charge < -0.3 is 15.2 Å². The Morgan fingerprint density at radius 1 is 1.40 bits per heavy atom. The molecular weight excluding hydrogens is 274 g/mol. The summed E-state index contributed by atoms with van der Waals surface area (Å²) in [5.74, 6) is 0.392. The molecule has 20 heavy (non-hydrogen) atoms. The zero-order valence-corrected chi connectivity index (χ0v) is 12.2. The van der Waals surface area contributed by atoms with Crippen LogP contribution in [0.5, 0.6) is 5.75 Å². The molecule has 0 saturated carbocycles. The van der Waals surface area contributed by atoms with Crippen LogP contribution < -0.4 is 10.1 Å². The monoisotopic (exact) mass is 291 g/mol. The van der Waals surface area contributed by atoms with E-state index in [1.807, 2.05) is 17.5 Å². The minimum Gasteiger partial charge on any atom is -0.497 e. The molecule has 0 bridgehead atoms. The molecule has 2 N–H and O–H groups in total. The fourth-order valence-electron chi connectivity index (χ4n) is 1.79. The van der Waals surface area contributed by atoms with Gasteiger partial charge in [0.1, 0.15) is 11.4 Å². The molecule has 1 heterocycles. The van der Waals surface area contributed by atoms with Crippen LogP contribution in [0.2, 0.25) is 0 Å². The molecule has 1 aromatic heterocycles. The van der Waals surface area contributed by atoms with E-state index in [-0.39, 0.29) is 12.5 Å². The zero-order chi connectivity index (χ0) is 14.6. The minimum atomic E-state index is -1.07. The number of amides is 1. The number of benzene rings is 1. The third-order valence-corrected chi connectivity index (χ3v) is 4.10. The summed E-state index contributed by atoms with van der Waals surface area (Å²) in [4.78, 5) is 12.9. The third-order valence-electron chi connectivity index (χ3n) is 2.98. The van der Waals surface area contributed by atoms with Crippen LogP contribution in [-0.4, -0.2) is 24.7 Å². The predicted molar refractivity (Wildman–Crippen MR) is 79.2 cm³/mol. The van der Waals surface area contributed by atoms with Gasteiger partial charge in [0.05, 0.1) is 13.7 Å². The average molecular weight is 291 g/mol. The molecule has 106 valence electrons. The van der Waals surface area contributed by atoms with Crippen molar-refractivity contribution < 1.29 is 14.6 Å². The SMILES string of the molecule is COc1cccc(C(=O)NCC(C)(O)c2cccs2)c1. The Morgan fingerprint density at radius 3 is 2.85 bits per heavy atom. The second kappa shape index (κ2) is 6.07. The number of rotatable bonds is 5. The molecule has 1 unspecified atom stereocenters. The first-order chi connectivity index (χ1) is 9.53. The third kappa shape index (κ3) is 3.37.